The van der Waals surface area contributed by atoms with E-state index in [1.165, 1.54) is 5.56 Å². The molecule has 0 saturated heterocycles. The summed E-state index contributed by atoms with van der Waals surface area (Å²) >= 11 is 0. The standard InChI is InChI=1S/C23H33N3O3S.HI/c1-19(21-10-12-22(29-3)13-11-21)14-16-26-23(24-2)25-15-7-17-30(27,28)18-20-8-5-4-6-9-20;/h4-6,8-13,19H,7,14-18H2,1-3H3,(H2,24,25,26);1H. The van der Waals surface area contributed by atoms with Gasteiger partial charge in [-0.1, -0.05) is 49.4 Å². The monoisotopic (exact) mass is 559 g/mol. The second-order valence-corrected chi connectivity index (χ2v) is 9.50. The molecule has 172 valence electrons. The Labute approximate surface area is 203 Å². The van der Waals surface area contributed by atoms with Gasteiger partial charge in [0.05, 0.1) is 18.6 Å². The number of hydrogen-bond donors (Lipinski definition) is 2. The van der Waals surface area contributed by atoms with Crippen LogP contribution in [0.4, 0.5) is 0 Å². The third-order valence-corrected chi connectivity index (χ3v) is 6.62. The summed E-state index contributed by atoms with van der Waals surface area (Å²) in [6.07, 6.45) is 1.50. The van der Waals surface area contributed by atoms with Crippen molar-refractivity contribution in [1.29, 1.82) is 0 Å². The number of aliphatic imine (C=N–C) groups is 1. The topological polar surface area (TPSA) is 79.8 Å². The molecule has 31 heavy (non-hydrogen) atoms. The lowest BCUT2D eigenvalue weighted by atomic mass is 9.98. The van der Waals surface area contributed by atoms with Crippen molar-refractivity contribution in [3.8, 4) is 5.75 Å². The summed E-state index contributed by atoms with van der Waals surface area (Å²) < 4.78 is 29.7. The first-order valence-electron chi connectivity index (χ1n) is 10.3. The predicted octanol–water partition coefficient (Wildman–Crippen LogP) is 3.98. The van der Waals surface area contributed by atoms with Crippen LogP contribution in [0, 0.1) is 0 Å². The zero-order valence-corrected chi connectivity index (χ0v) is 21.7. The Morgan fingerprint density at radius 1 is 1.03 bits per heavy atom. The largest absolute Gasteiger partial charge is 0.497 e. The van der Waals surface area contributed by atoms with E-state index in [-0.39, 0.29) is 35.5 Å². The first-order chi connectivity index (χ1) is 14.4. The molecule has 0 saturated carbocycles. The van der Waals surface area contributed by atoms with Crippen LogP contribution in [0.15, 0.2) is 59.6 Å². The maximum atomic E-state index is 12.3. The molecule has 0 spiro atoms. The summed E-state index contributed by atoms with van der Waals surface area (Å²) in [6.45, 7) is 3.53. The van der Waals surface area contributed by atoms with E-state index in [0.29, 0.717) is 24.8 Å². The zero-order valence-electron chi connectivity index (χ0n) is 18.5. The van der Waals surface area contributed by atoms with Crippen molar-refractivity contribution >= 4 is 39.8 Å². The van der Waals surface area contributed by atoms with E-state index < -0.39 is 9.84 Å². The van der Waals surface area contributed by atoms with Crippen LogP contribution in [0.3, 0.4) is 0 Å². The van der Waals surface area contributed by atoms with Crippen LogP contribution >= 0.6 is 24.0 Å². The molecule has 0 aromatic heterocycles. The summed E-state index contributed by atoms with van der Waals surface area (Å²) in [4.78, 5) is 4.21. The van der Waals surface area contributed by atoms with Crippen LogP contribution in [-0.4, -0.2) is 47.4 Å². The summed E-state index contributed by atoms with van der Waals surface area (Å²) in [5.74, 6) is 2.20. The van der Waals surface area contributed by atoms with Crippen molar-refractivity contribution in [2.24, 2.45) is 4.99 Å². The average Bonchev–Trinajstić information content (AvgIpc) is 2.75. The van der Waals surface area contributed by atoms with E-state index in [9.17, 15) is 8.42 Å². The maximum absolute atomic E-state index is 12.3. The number of halogens is 1. The molecule has 1 unspecified atom stereocenters. The second kappa shape index (κ2) is 14.3. The molecule has 8 heteroatoms. The summed E-state index contributed by atoms with van der Waals surface area (Å²) in [5.41, 5.74) is 2.10. The van der Waals surface area contributed by atoms with E-state index in [1.807, 2.05) is 42.5 Å². The molecule has 2 aromatic carbocycles. The third-order valence-electron chi connectivity index (χ3n) is 4.93. The Morgan fingerprint density at radius 3 is 2.29 bits per heavy atom. The van der Waals surface area contributed by atoms with E-state index in [2.05, 4.69) is 34.7 Å². The fourth-order valence-electron chi connectivity index (χ4n) is 3.13. The first-order valence-corrected chi connectivity index (χ1v) is 12.1. The molecule has 1 atom stereocenters. The highest BCUT2D eigenvalue weighted by Gasteiger charge is 2.12. The van der Waals surface area contributed by atoms with Gasteiger partial charge in [-0.15, -0.1) is 24.0 Å². The molecule has 0 aliphatic heterocycles. The minimum Gasteiger partial charge on any atom is -0.497 e. The molecule has 0 radical (unpaired) electrons. The number of rotatable bonds is 11. The highest BCUT2D eigenvalue weighted by atomic mass is 127. The Hall–Kier alpha value is -1.81. The molecular weight excluding hydrogens is 525 g/mol. The fraction of sp³-hybridized carbons (Fsp3) is 0.435. The van der Waals surface area contributed by atoms with Crippen LogP contribution in [0.1, 0.15) is 36.8 Å². The fourth-order valence-corrected chi connectivity index (χ4v) is 4.55. The normalized spacial score (nSPS) is 12.5. The molecule has 6 nitrogen and oxygen atoms in total. The SMILES string of the molecule is CN=C(NCCCS(=O)(=O)Cc1ccccc1)NCCC(C)c1ccc(OC)cc1.I. The lowest BCUT2D eigenvalue weighted by Crippen LogP contribution is -2.38. The molecule has 0 amide bonds. The molecule has 0 heterocycles. The van der Waals surface area contributed by atoms with E-state index in [4.69, 9.17) is 4.74 Å². The molecule has 2 N–H and O–H groups in total. The van der Waals surface area contributed by atoms with Gasteiger partial charge in [0, 0.05) is 20.1 Å². The first kappa shape index (κ1) is 27.2. The van der Waals surface area contributed by atoms with Gasteiger partial charge >= 0.3 is 0 Å². The third kappa shape index (κ3) is 10.4. The van der Waals surface area contributed by atoms with Crippen LogP contribution in [-0.2, 0) is 15.6 Å². The predicted molar refractivity (Wildman–Crippen MR) is 139 cm³/mol. The Bertz CT molecular complexity index is 888. The van der Waals surface area contributed by atoms with E-state index in [0.717, 1.165) is 24.3 Å². The van der Waals surface area contributed by atoms with Gasteiger partial charge in [-0.25, -0.2) is 8.42 Å². The van der Waals surface area contributed by atoms with Crippen molar-refractivity contribution in [1.82, 2.24) is 10.6 Å². The number of benzene rings is 2. The van der Waals surface area contributed by atoms with Gasteiger partial charge in [0.15, 0.2) is 15.8 Å². The van der Waals surface area contributed by atoms with Gasteiger partial charge in [-0.05, 0) is 42.0 Å². The number of methoxy groups -OCH3 is 1. The van der Waals surface area contributed by atoms with Crippen molar-refractivity contribution in [3.63, 3.8) is 0 Å². The van der Waals surface area contributed by atoms with Crippen molar-refractivity contribution in [3.05, 3.63) is 65.7 Å². The summed E-state index contributed by atoms with van der Waals surface area (Å²) in [5, 5.41) is 6.49. The molecule has 0 bridgehead atoms. The molecule has 0 aliphatic carbocycles. The van der Waals surface area contributed by atoms with Crippen LogP contribution < -0.4 is 15.4 Å². The van der Waals surface area contributed by atoms with Gasteiger partial charge in [0.1, 0.15) is 5.75 Å². The Morgan fingerprint density at radius 2 is 1.68 bits per heavy atom. The van der Waals surface area contributed by atoms with Crippen LogP contribution in [0.5, 0.6) is 5.75 Å². The van der Waals surface area contributed by atoms with Gasteiger partial charge in [-0.2, -0.15) is 0 Å². The highest BCUT2D eigenvalue weighted by Crippen LogP contribution is 2.21. The molecular formula is C23H34IN3O3S. The Balaban J connectivity index is 0.00000480. The second-order valence-electron chi connectivity index (χ2n) is 7.32. The van der Waals surface area contributed by atoms with Crippen molar-refractivity contribution in [2.45, 2.75) is 31.4 Å². The van der Waals surface area contributed by atoms with Gasteiger partial charge in [0.2, 0.25) is 0 Å². The number of hydrogen-bond acceptors (Lipinski definition) is 4. The summed E-state index contributed by atoms with van der Waals surface area (Å²) in [6, 6.07) is 17.4. The number of nitrogens with zero attached hydrogens (tertiary/aromatic N) is 1. The highest BCUT2D eigenvalue weighted by molar-refractivity contribution is 14.0. The smallest absolute Gasteiger partial charge is 0.190 e. The lowest BCUT2D eigenvalue weighted by molar-refractivity contribution is 0.414. The number of guanidine groups is 1. The Kier molecular flexibility index (Phi) is 12.5. The zero-order chi connectivity index (χ0) is 21.8. The van der Waals surface area contributed by atoms with Crippen molar-refractivity contribution in [2.75, 3.05) is 33.0 Å². The molecule has 2 rings (SSSR count). The molecule has 2 aromatic rings. The number of sulfone groups is 1. The quantitative estimate of drug-likeness (QED) is 0.189. The van der Waals surface area contributed by atoms with E-state index >= 15 is 0 Å². The number of nitrogens with one attached hydrogen (secondary N) is 2. The molecule has 0 aliphatic rings. The summed E-state index contributed by atoms with van der Waals surface area (Å²) in [7, 11) is 0.271. The van der Waals surface area contributed by atoms with Crippen LogP contribution in [0.25, 0.3) is 0 Å². The lowest BCUT2D eigenvalue weighted by Gasteiger charge is -2.15. The van der Waals surface area contributed by atoms with Gasteiger partial charge < -0.3 is 15.4 Å². The van der Waals surface area contributed by atoms with E-state index in [1.54, 1.807) is 14.2 Å². The minimum absolute atomic E-state index is 0. The minimum atomic E-state index is -3.11. The van der Waals surface area contributed by atoms with Crippen LogP contribution in [0.2, 0.25) is 0 Å². The van der Waals surface area contributed by atoms with Crippen molar-refractivity contribution < 1.29 is 13.2 Å². The number of ether oxygens (including phenoxy) is 1. The maximum Gasteiger partial charge on any atom is 0.190 e. The van der Waals surface area contributed by atoms with Gasteiger partial charge in [-0.3, -0.25) is 4.99 Å². The molecule has 0 fully saturated rings. The van der Waals surface area contributed by atoms with Gasteiger partial charge in [0.25, 0.3) is 0 Å². The average molecular weight is 560 g/mol.